The predicted molar refractivity (Wildman–Crippen MR) is 56.2 cm³/mol. The van der Waals surface area contributed by atoms with E-state index < -0.39 is 0 Å². The standard InChI is InChI=1S/C11H23N/c1-5-10(6-2)9-11(12,7-3)8-4/h9H,5-8,12H2,1-4H3. The van der Waals surface area contributed by atoms with E-state index in [1.807, 2.05) is 0 Å². The van der Waals surface area contributed by atoms with Crippen molar-refractivity contribution >= 4 is 0 Å². The van der Waals surface area contributed by atoms with Crippen molar-refractivity contribution in [3.05, 3.63) is 11.6 Å². The van der Waals surface area contributed by atoms with Gasteiger partial charge in [-0.05, 0) is 25.7 Å². The number of rotatable bonds is 5. The van der Waals surface area contributed by atoms with Gasteiger partial charge in [0.2, 0.25) is 0 Å². The molecule has 0 aromatic rings. The van der Waals surface area contributed by atoms with Crippen LogP contribution in [0.25, 0.3) is 0 Å². The molecule has 0 saturated carbocycles. The van der Waals surface area contributed by atoms with Gasteiger partial charge >= 0.3 is 0 Å². The van der Waals surface area contributed by atoms with Gasteiger partial charge in [0.15, 0.2) is 0 Å². The first kappa shape index (κ1) is 11.7. The number of allylic oxidation sites excluding steroid dienone is 1. The molecule has 12 heavy (non-hydrogen) atoms. The maximum Gasteiger partial charge on any atom is 0.0336 e. The van der Waals surface area contributed by atoms with Crippen LogP contribution in [0.4, 0.5) is 0 Å². The summed E-state index contributed by atoms with van der Waals surface area (Å²) in [7, 11) is 0. The van der Waals surface area contributed by atoms with Crippen LogP contribution < -0.4 is 5.73 Å². The third-order valence-corrected chi connectivity index (χ3v) is 2.72. The first-order chi connectivity index (χ1) is 5.61. The largest absolute Gasteiger partial charge is 0.322 e. The fourth-order valence-corrected chi connectivity index (χ4v) is 1.31. The first-order valence-corrected chi connectivity index (χ1v) is 5.11. The Balaban J connectivity index is 4.42. The molecule has 72 valence electrons. The van der Waals surface area contributed by atoms with Gasteiger partial charge in [0, 0.05) is 5.54 Å². The van der Waals surface area contributed by atoms with E-state index >= 15 is 0 Å². The summed E-state index contributed by atoms with van der Waals surface area (Å²) in [5.74, 6) is 0. The summed E-state index contributed by atoms with van der Waals surface area (Å²) in [5, 5.41) is 0. The lowest BCUT2D eigenvalue weighted by Crippen LogP contribution is -2.36. The molecule has 0 aliphatic rings. The Kier molecular flexibility index (Phi) is 5.23. The van der Waals surface area contributed by atoms with E-state index in [1.54, 1.807) is 0 Å². The maximum absolute atomic E-state index is 6.17. The van der Waals surface area contributed by atoms with Crippen molar-refractivity contribution in [1.29, 1.82) is 0 Å². The monoisotopic (exact) mass is 169 g/mol. The smallest absolute Gasteiger partial charge is 0.0336 e. The summed E-state index contributed by atoms with van der Waals surface area (Å²) in [5.41, 5.74) is 7.61. The van der Waals surface area contributed by atoms with Crippen molar-refractivity contribution in [2.75, 3.05) is 0 Å². The summed E-state index contributed by atoms with van der Waals surface area (Å²) in [6.45, 7) is 8.70. The Morgan fingerprint density at radius 1 is 1.08 bits per heavy atom. The third-order valence-electron chi connectivity index (χ3n) is 2.72. The topological polar surface area (TPSA) is 26.0 Å². The summed E-state index contributed by atoms with van der Waals surface area (Å²) < 4.78 is 0. The van der Waals surface area contributed by atoms with Crippen LogP contribution in [0.2, 0.25) is 0 Å². The Labute approximate surface area is 77.0 Å². The summed E-state index contributed by atoms with van der Waals surface area (Å²) >= 11 is 0. The van der Waals surface area contributed by atoms with E-state index in [9.17, 15) is 0 Å². The van der Waals surface area contributed by atoms with Gasteiger partial charge in [-0.3, -0.25) is 0 Å². The highest BCUT2D eigenvalue weighted by molar-refractivity contribution is 5.12. The Bertz CT molecular complexity index is 137. The van der Waals surface area contributed by atoms with E-state index in [-0.39, 0.29) is 5.54 Å². The van der Waals surface area contributed by atoms with Crippen molar-refractivity contribution in [2.45, 2.75) is 58.9 Å². The fourth-order valence-electron chi connectivity index (χ4n) is 1.31. The quantitative estimate of drug-likeness (QED) is 0.628. The zero-order valence-electron chi connectivity index (χ0n) is 8.98. The molecular formula is C11H23N. The van der Waals surface area contributed by atoms with Gasteiger partial charge < -0.3 is 5.73 Å². The fraction of sp³-hybridized carbons (Fsp3) is 0.818. The molecular weight excluding hydrogens is 146 g/mol. The molecule has 0 aromatic carbocycles. The number of nitrogens with two attached hydrogens (primary N) is 1. The van der Waals surface area contributed by atoms with Crippen LogP contribution in [0, 0.1) is 0 Å². The van der Waals surface area contributed by atoms with Crippen LogP contribution in [0.15, 0.2) is 11.6 Å². The highest BCUT2D eigenvalue weighted by Gasteiger charge is 2.16. The summed E-state index contributed by atoms with van der Waals surface area (Å²) in [4.78, 5) is 0. The second-order valence-corrected chi connectivity index (χ2v) is 3.45. The molecule has 1 nitrogen and oxygen atoms in total. The highest BCUT2D eigenvalue weighted by atomic mass is 14.7. The van der Waals surface area contributed by atoms with E-state index in [2.05, 4.69) is 33.8 Å². The van der Waals surface area contributed by atoms with Gasteiger partial charge in [0.1, 0.15) is 0 Å². The first-order valence-electron chi connectivity index (χ1n) is 5.11. The molecule has 0 unspecified atom stereocenters. The zero-order valence-corrected chi connectivity index (χ0v) is 8.98. The molecule has 0 bridgehead atoms. The van der Waals surface area contributed by atoms with Gasteiger partial charge in [-0.25, -0.2) is 0 Å². The second kappa shape index (κ2) is 5.36. The number of hydrogen-bond donors (Lipinski definition) is 1. The summed E-state index contributed by atoms with van der Waals surface area (Å²) in [6, 6.07) is 0. The lowest BCUT2D eigenvalue weighted by Gasteiger charge is -2.23. The molecule has 0 rings (SSSR count). The van der Waals surface area contributed by atoms with E-state index in [1.165, 1.54) is 5.57 Å². The maximum atomic E-state index is 6.17. The van der Waals surface area contributed by atoms with E-state index in [4.69, 9.17) is 5.73 Å². The van der Waals surface area contributed by atoms with Gasteiger partial charge in [-0.2, -0.15) is 0 Å². The molecule has 0 amide bonds. The summed E-state index contributed by atoms with van der Waals surface area (Å²) in [6.07, 6.45) is 6.61. The van der Waals surface area contributed by atoms with Crippen LogP contribution in [-0.2, 0) is 0 Å². The van der Waals surface area contributed by atoms with Crippen LogP contribution >= 0.6 is 0 Å². The molecule has 0 fully saturated rings. The van der Waals surface area contributed by atoms with Crippen LogP contribution in [-0.4, -0.2) is 5.54 Å². The SMILES string of the molecule is CCC(=CC(N)(CC)CC)CC. The zero-order chi connectivity index (χ0) is 9.61. The lowest BCUT2D eigenvalue weighted by atomic mass is 9.90. The van der Waals surface area contributed by atoms with Crippen molar-refractivity contribution in [2.24, 2.45) is 5.73 Å². The van der Waals surface area contributed by atoms with Crippen LogP contribution in [0.5, 0.6) is 0 Å². The molecule has 0 aliphatic carbocycles. The van der Waals surface area contributed by atoms with Gasteiger partial charge in [0.25, 0.3) is 0 Å². The molecule has 0 spiro atoms. The Hall–Kier alpha value is -0.300. The molecule has 2 N–H and O–H groups in total. The highest BCUT2D eigenvalue weighted by Crippen LogP contribution is 2.18. The van der Waals surface area contributed by atoms with Crippen molar-refractivity contribution < 1.29 is 0 Å². The molecule has 1 heteroatoms. The third kappa shape index (κ3) is 3.40. The van der Waals surface area contributed by atoms with Gasteiger partial charge in [0.05, 0.1) is 0 Å². The molecule has 0 radical (unpaired) electrons. The van der Waals surface area contributed by atoms with Gasteiger partial charge in [-0.1, -0.05) is 39.3 Å². The van der Waals surface area contributed by atoms with Crippen LogP contribution in [0.1, 0.15) is 53.4 Å². The van der Waals surface area contributed by atoms with Crippen LogP contribution in [0.3, 0.4) is 0 Å². The predicted octanol–water partition coefficient (Wildman–Crippen LogP) is 3.25. The molecule has 0 heterocycles. The van der Waals surface area contributed by atoms with Crippen molar-refractivity contribution in [3.8, 4) is 0 Å². The number of hydrogen-bond acceptors (Lipinski definition) is 1. The molecule has 0 atom stereocenters. The van der Waals surface area contributed by atoms with Gasteiger partial charge in [-0.15, -0.1) is 0 Å². The minimum atomic E-state index is -0.0542. The average molecular weight is 169 g/mol. The average Bonchev–Trinajstić information content (AvgIpc) is 2.14. The van der Waals surface area contributed by atoms with E-state index in [0.29, 0.717) is 0 Å². The normalized spacial score (nSPS) is 11.4. The minimum absolute atomic E-state index is 0.0542. The van der Waals surface area contributed by atoms with E-state index in [0.717, 1.165) is 25.7 Å². The lowest BCUT2D eigenvalue weighted by molar-refractivity contribution is 0.488. The van der Waals surface area contributed by atoms with Crippen molar-refractivity contribution in [3.63, 3.8) is 0 Å². The Morgan fingerprint density at radius 3 is 1.75 bits per heavy atom. The minimum Gasteiger partial charge on any atom is -0.322 e. The molecule has 0 aliphatic heterocycles. The molecule has 0 aromatic heterocycles. The Morgan fingerprint density at radius 2 is 1.50 bits per heavy atom. The van der Waals surface area contributed by atoms with Crippen molar-refractivity contribution in [1.82, 2.24) is 0 Å². The molecule has 0 saturated heterocycles. The second-order valence-electron chi connectivity index (χ2n) is 3.45.